The van der Waals surface area contributed by atoms with E-state index in [9.17, 15) is 13.0 Å². The Morgan fingerprint density at radius 3 is 2.30 bits per heavy atom. The fraction of sp³-hybridized carbons (Fsp3) is 0.375. The molecule has 0 aromatic heterocycles. The summed E-state index contributed by atoms with van der Waals surface area (Å²) in [6, 6.07) is 9.23. The van der Waals surface area contributed by atoms with Crippen molar-refractivity contribution in [1.82, 2.24) is 0 Å². The van der Waals surface area contributed by atoms with Crippen molar-refractivity contribution in [2.75, 3.05) is 0 Å². The van der Waals surface area contributed by atoms with Crippen molar-refractivity contribution < 1.29 is 13.0 Å². The summed E-state index contributed by atoms with van der Waals surface area (Å²) in [5.74, 6) is 0. The summed E-state index contributed by atoms with van der Waals surface area (Å²) in [5.41, 5.74) is 1.70. The van der Waals surface area contributed by atoms with Crippen molar-refractivity contribution in [2.45, 2.75) is 44.4 Å². The minimum Gasteiger partial charge on any atom is -0.744 e. The fourth-order valence-electron chi connectivity index (χ4n) is 2.71. The van der Waals surface area contributed by atoms with E-state index in [-0.39, 0.29) is 4.90 Å². The van der Waals surface area contributed by atoms with E-state index in [1.807, 2.05) is 25.1 Å². The molecule has 0 saturated carbocycles. The molecule has 2 aromatic carbocycles. The Labute approximate surface area is 120 Å². The van der Waals surface area contributed by atoms with Gasteiger partial charge in [-0.2, -0.15) is 0 Å². The molecule has 0 aliphatic carbocycles. The van der Waals surface area contributed by atoms with Crippen LogP contribution in [0.15, 0.2) is 35.2 Å². The number of aryl methyl sites for hydroxylation is 1. The van der Waals surface area contributed by atoms with Crippen molar-refractivity contribution in [3.05, 3.63) is 41.5 Å². The van der Waals surface area contributed by atoms with Gasteiger partial charge < -0.3 is 4.55 Å². The van der Waals surface area contributed by atoms with Gasteiger partial charge in [0.1, 0.15) is 10.1 Å². The second-order valence-corrected chi connectivity index (χ2v) is 6.34. The molecule has 0 aliphatic heterocycles. The summed E-state index contributed by atoms with van der Waals surface area (Å²) in [7, 11) is -4.47. The van der Waals surface area contributed by atoms with Crippen molar-refractivity contribution in [2.24, 2.45) is 0 Å². The first-order valence-electron chi connectivity index (χ1n) is 6.98. The summed E-state index contributed by atoms with van der Waals surface area (Å²) >= 11 is 0. The summed E-state index contributed by atoms with van der Waals surface area (Å²) in [4.78, 5) is -0.0131. The lowest BCUT2D eigenvalue weighted by Crippen LogP contribution is -2.08. The van der Waals surface area contributed by atoms with E-state index in [1.54, 1.807) is 12.1 Å². The monoisotopic (exact) mass is 291 g/mol. The second kappa shape index (κ2) is 5.94. The van der Waals surface area contributed by atoms with Gasteiger partial charge in [-0.05, 0) is 34.7 Å². The van der Waals surface area contributed by atoms with Gasteiger partial charge >= 0.3 is 0 Å². The van der Waals surface area contributed by atoms with Gasteiger partial charge in [0.2, 0.25) is 0 Å². The van der Waals surface area contributed by atoms with Crippen LogP contribution in [0.1, 0.15) is 37.8 Å². The third-order valence-electron chi connectivity index (χ3n) is 3.47. The lowest BCUT2D eigenvalue weighted by atomic mass is 9.95. The largest absolute Gasteiger partial charge is 0.744 e. The van der Waals surface area contributed by atoms with Gasteiger partial charge in [0.05, 0.1) is 4.90 Å². The topological polar surface area (TPSA) is 57.2 Å². The van der Waals surface area contributed by atoms with Gasteiger partial charge in [0.25, 0.3) is 0 Å². The zero-order chi connectivity index (χ0) is 14.8. The van der Waals surface area contributed by atoms with Gasteiger partial charge in [-0.15, -0.1) is 0 Å². The lowest BCUT2D eigenvalue weighted by molar-refractivity contribution is 0.463. The molecule has 2 aromatic rings. The molecule has 0 unspecified atom stereocenters. The molecule has 0 radical (unpaired) electrons. The van der Waals surface area contributed by atoms with Crippen LogP contribution >= 0.6 is 0 Å². The summed E-state index contributed by atoms with van der Waals surface area (Å²) in [6.45, 7) is 4.04. The number of hydrogen-bond acceptors (Lipinski definition) is 3. The minimum absolute atomic E-state index is 0.0131. The van der Waals surface area contributed by atoms with E-state index in [4.69, 9.17) is 0 Å². The Hall–Kier alpha value is -1.39. The van der Waals surface area contributed by atoms with Crippen LogP contribution in [0.25, 0.3) is 10.8 Å². The molecule has 0 heterocycles. The number of rotatable bonds is 5. The lowest BCUT2D eigenvalue weighted by Gasteiger charge is -2.19. The standard InChI is InChI=1S/C16H20O3S/c1-3-7-12-11-13-9-5-6-10-15(13)16(20(17,18)19)14(12)8-4-2/h5-6,9-11H,3-4,7-8H2,1-2H3,(H,17,18,19)/p-1. The van der Waals surface area contributed by atoms with Crippen LogP contribution in [0.4, 0.5) is 0 Å². The van der Waals surface area contributed by atoms with Crippen LogP contribution in [0, 0.1) is 0 Å². The highest BCUT2D eigenvalue weighted by molar-refractivity contribution is 7.86. The molecule has 0 bridgehead atoms. The molecule has 4 heteroatoms. The zero-order valence-electron chi connectivity index (χ0n) is 11.8. The molecule has 0 aliphatic rings. The average molecular weight is 291 g/mol. The highest BCUT2D eigenvalue weighted by Gasteiger charge is 2.17. The van der Waals surface area contributed by atoms with Crippen LogP contribution in [-0.2, 0) is 23.0 Å². The van der Waals surface area contributed by atoms with E-state index in [1.165, 1.54) is 0 Å². The van der Waals surface area contributed by atoms with Gasteiger partial charge in [-0.1, -0.05) is 57.0 Å². The van der Waals surface area contributed by atoms with Crippen LogP contribution < -0.4 is 0 Å². The van der Waals surface area contributed by atoms with Crippen molar-refractivity contribution >= 4 is 20.9 Å². The number of hydrogen-bond donors (Lipinski definition) is 0. The molecule has 2 rings (SSSR count). The Bertz CT molecular complexity index is 718. The maximum Gasteiger partial charge on any atom is 0.125 e. The van der Waals surface area contributed by atoms with Crippen molar-refractivity contribution in [1.29, 1.82) is 0 Å². The Morgan fingerprint density at radius 1 is 1.05 bits per heavy atom. The zero-order valence-corrected chi connectivity index (χ0v) is 12.7. The van der Waals surface area contributed by atoms with Gasteiger partial charge in [-0.25, -0.2) is 8.42 Å². The third kappa shape index (κ3) is 2.86. The third-order valence-corrected chi connectivity index (χ3v) is 4.43. The Balaban J connectivity index is 2.89. The molecule has 0 fully saturated rings. The minimum atomic E-state index is -4.47. The molecule has 20 heavy (non-hydrogen) atoms. The predicted octanol–water partition coefficient (Wildman–Crippen LogP) is 3.65. The Kier molecular flexibility index (Phi) is 4.45. The maximum atomic E-state index is 11.7. The SMILES string of the molecule is CCCc1cc2ccccc2c(S(=O)(=O)[O-])c1CCC. The second-order valence-electron chi connectivity index (χ2n) is 5.02. The van der Waals surface area contributed by atoms with E-state index in [0.717, 1.165) is 30.2 Å². The van der Waals surface area contributed by atoms with Gasteiger partial charge in [0, 0.05) is 0 Å². The molecule has 0 N–H and O–H groups in total. The fourth-order valence-corrected chi connectivity index (χ4v) is 3.71. The van der Waals surface area contributed by atoms with Gasteiger partial charge in [-0.3, -0.25) is 0 Å². The van der Waals surface area contributed by atoms with E-state index < -0.39 is 10.1 Å². The van der Waals surface area contributed by atoms with E-state index >= 15 is 0 Å². The molecule has 0 atom stereocenters. The van der Waals surface area contributed by atoms with Crippen LogP contribution in [0.5, 0.6) is 0 Å². The highest BCUT2D eigenvalue weighted by Crippen LogP contribution is 2.31. The van der Waals surface area contributed by atoms with Crippen LogP contribution in [0.2, 0.25) is 0 Å². The first-order valence-corrected chi connectivity index (χ1v) is 8.39. The normalized spacial score (nSPS) is 11.9. The molecule has 0 amide bonds. The smallest absolute Gasteiger partial charge is 0.125 e. The van der Waals surface area contributed by atoms with Gasteiger partial charge in [0.15, 0.2) is 0 Å². The number of benzene rings is 2. The first-order chi connectivity index (χ1) is 9.49. The highest BCUT2D eigenvalue weighted by atomic mass is 32.2. The average Bonchev–Trinajstić information content (AvgIpc) is 2.38. The Morgan fingerprint density at radius 2 is 1.70 bits per heavy atom. The number of fused-ring (bicyclic) bond motifs is 1. The quantitative estimate of drug-likeness (QED) is 0.790. The van der Waals surface area contributed by atoms with E-state index in [2.05, 4.69) is 6.92 Å². The van der Waals surface area contributed by atoms with Crippen LogP contribution in [0.3, 0.4) is 0 Å². The summed E-state index contributed by atoms with van der Waals surface area (Å²) < 4.78 is 35.2. The van der Waals surface area contributed by atoms with E-state index in [0.29, 0.717) is 17.4 Å². The first kappa shape index (κ1) is 15.0. The summed E-state index contributed by atoms with van der Waals surface area (Å²) in [6.07, 6.45) is 3.16. The molecule has 0 spiro atoms. The van der Waals surface area contributed by atoms with Crippen molar-refractivity contribution in [3.8, 4) is 0 Å². The predicted molar refractivity (Wildman–Crippen MR) is 79.9 cm³/mol. The molecule has 108 valence electrons. The molecular formula is C16H19O3S-. The molecule has 0 saturated heterocycles. The maximum absolute atomic E-state index is 11.7. The molecular weight excluding hydrogens is 272 g/mol. The molecule has 3 nitrogen and oxygen atoms in total. The summed E-state index contributed by atoms with van der Waals surface area (Å²) in [5, 5.41) is 1.37. The van der Waals surface area contributed by atoms with Crippen molar-refractivity contribution in [3.63, 3.8) is 0 Å². The van der Waals surface area contributed by atoms with Crippen LogP contribution in [-0.4, -0.2) is 13.0 Å².